The zero-order chi connectivity index (χ0) is 35.0. The third kappa shape index (κ3) is 4.84. The lowest BCUT2D eigenvalue weighted by atomic mass is 9.67. The lowest BCUT2D eigenvalue weighted by molar-refractivity contribution is 0.767. The van der Waals surface area contributed by atoms with E-state index in [0.717, 1.165) is 11.3 Å². The molecule has 1 heterocycles. The maximum Gasteiger partial charge on any atom is 0.0714 e. The van der Waals surface area contributed by atoms with Gasteiger partial charge in [0.15, 0.2) is 0 Å². The number of hydrogen-bond acceptors (Lipinski definition) is 1. The van der Waals surface area contributed by atoms with Gasteiger partial charge in [-0.15, -0.1) is 0 Å². The van der Waals surface area contributed by atoms with Gasteiger partial charge >= 0.3 is 0 Å². The summed E-state index contributed by atoms with van der Waals surface area (Å²) >= 11 is 0. The maximum atomic E-state index is 4.35. The third-order valence-corrected chi connectivity index (χ3v) is 10.2. The molecule has 0 spiro atoms. The van der Waals surface area contributed by atoms with Gasteiger partial charge in [-0.2, -0.15) is 0 Å². The molecule has 1 unspecified atom stereocenters. The Kier molecular flexibility index (Phi) is 8.34. The molecule has 7 aromatic carbocycles. The maximum absolute atomic E-state index is 4.35. The van der Waals surface area contributed by atoms with Gasteiger partial charge in [-0.1, -0.05) is 191 Å². The molecule has 1 nitrogen and oxygen atoms in total. The Morgan fingerprint density at radius 3 is 1.92 bits per heavy atom. The molecule has 0 N–H and O–H groups in total. The molecule has 9 rings (SSSR count). The van der Waals surface area contributed by atoms with Crippen LogP contribution in [0.2, 0.25) is 0 Å². The van der Waals surface area contributed by atoms with E-state index in [0.29, 0.717) is 0 Å². The fourth-order valence-corrected chi connectivity index (χ4v) is 8.38. The molecule has 2 aliphatic rings. The smallest absolute Gasteiger partial charge is 0.0714 e. The molecule has 0 amide bonds. The molecular formula is C50H41N. The van der Waals surface area contributed by atoms with Gasteiger partial charge in [-0.05, 0) is 68.1 Å². The lowest BCUT2D eigenvalue weighted by Gasteiger charge is -2.37. The van der Waals surface area contributed by atoms with Crippen molar-refractivity contribution >= 4 is 27.8 Å². The molecule has 0 bridgehead atoms. The fraction of sp³-hybridized carbons (Fsp3) is 0.0800. The predicted molar refractivity (Wildman–Crippen MR) is 219 cm³/mol. The van der Waals surface area contributed by atoms with E-state index in [-0.39, 0.29) is 0 Å². The van der Waals surface area contributed by atoms with Crippen LogP contribution in [0.25, 0.3) is 44.2 Å². The van der Waals surface area contributed by atoms with E-state index >= 15 is 0 Å². The average Bonchev–Trinajstić information content (AvgIpc) is 3.49. The van der Waals surface area contributed by atoms with Crippen molar-refractivity contribution in [2.24, 2.45) is 0 Å². The van der Waals surface area contributed by atoms with E-state index in [1.165, 1.54) is 78.6 Å². The monoisotopic (exact) mass is 655 g/mol. The second-order valence-corrected chi connectivity index (χ2v) is 13.2. The molecule has 1 heteroatoms. The van der Waals surface area contributed by atoms with Crippen molar-refractivity contribution in [1.82, 2.24) is 0 Å². The molecule has 246 valence electrons. The van der Waals surface area contributed by atoms with E-state index < -0.39 is 5.41 Å². The van der Waals surface area contributed by atoms with E-state index in [2.05, 4.69) is 196 Å². The largest absolute Gasteiger partial charge is 0.309 e. The SMILES string of the molecule is C=C/C=C(\C=C)C1(c2ccccc2)c2ccccc2-c2c1ccc1c2N(c2ccccc2)c2cccc3c(-c4ccccc4)ccc-1c23.CCC. The molecule has 51 heavy (non-hydrogen) atoms. The highest BCUT2D eigenvalue weighted by Crippen LogP contribution is 2.63. The van der Waals surface area contributed by atoms with Crippen molar-refractivity contribution in [2.45, 2.75) is 25.7 Å². The zero-order valence-electron chi connectivity index (χ0n) is 29.3. The summed E-state index contributed by atoms with van der Waals surface area (Å²) in [5.41, 5.74) is 15.2. The summed E-state index contributed by atoms with van der Waals surface area (Å²) in [7, 11) is 0. The standard InChI is InChI=1S/C47H33N.C3H8/c1-3-17-33(4-2)47(34-20-10-6-11-21-34)41-26-15-14-24-40(41)45-42(47)31-30-39-38-29-28-36(32-18-8-5-9-19-32)37-25-16-27-43(44(37)38)48(46(39)45)35-22-12-7-13-23-35;1-3-2/h3-31H,1-2H2;3H2,1-2H3/b33-17+;. The summed E-state index contributed by atoms with van der Waals surface area (Å²) in [6, 6.07) is 57.5. The molecule has 1 aliphatic carbocycles. The summed E-state index contributed by atoms with van der Waals surface area (Å²) in [6.45, 7) is 12.7. The van der Waals surface area contributed by atoms with Gasteiger partial charge in [0.1, 0.15) is 0 Å². The first-order chi connectivity index (χ1) is 25.2. The Morgan fingerprint density at radius 1 is 0.588 bits per heavy atom. The predicted octanol–water partition coefficient (Wildman–Crippen LogP) is 14.0. The molecule has 1 aliphatic heterocycles. The van der Waals surface area contributed by atoms with Crippen molar-refractivity contribution in [3.63, 3.8) is 0 Å². The van der Waals surface area contributed by atoms with Gasteiger partial charge in [0.25, 0.3) is 0 Å². The molecule has 1 atom stereocenters. The van der Waals surface area contributed by atoms with Crippen molar-refractivity contribution in [3.05, 3.63) is 211 Å². The Labute approximate surface area is 302 Å². The topological polar surface area (TPSA) is 3.24 Å². The molecular weight excluding hydrogens is 615 g/mol. The van der Waals surface area contributed by atoms with Crippen LogP contribution >= 0.6 is 0 Å². The summed E-state index contributed by atoms with van der Waals surface area (Å²) in [6.07, 6.45) is 7.27. The molecule has 0 saturated carbocycles. The second-order valence-electron chi connectivity index (χ2n) is 13.2. The Morgan fingerprint density at radius 2 is 1.22 bits per heavy atom. The van der Waals surface area contributed by atoms with Gasteiger partial charge in [-0.25, -0.2) is 0 Å². The van der Waals surface area contributed by atoms with Crippen molar-refractivity contribution < 1.29 is 0 Å². The summed E-state index contributed by atoms with van der Waals surface area (Å²) in [5, 5.41) is 2.53. The van der Waals surface area contributed by atoms with Crippen LogP contribution in [0.15, 0.2) is 195 Å². The second kappa shape index (κ2) is 13.3. The van der Waals surface area contributed by atoms with Crippen LogP contribution in [-0.2, 0) is 5.41 Å². The minimum Gasteiger partial charge on any atom is -0.309 e. The lowest BCUT2D eigenvalue weighted by Crippen LogP contribution is -2.29. The molecule has 0 radical (unpaired) electrons. The van der Waals surface area contributed by atoms with Crippen LogP contribution in [0.3, 0.4) is 0 Å². The van der Waals surface area contributed by atoms with Gasteiger partial charge in [-0.3, -0.25) is 0 Å². The average molecular weight is 656 g/mol. The third-order valence-electron chi connectivity index (χ3n) is 10.2. The van der Waals surface area contributed by atoms with Crippen molar-refractivity contribution in [1.29, 1.82) is 0 Å². The summed E-state index contributed by atoms with van der Waals surface area (Å²) in [5.74, 6) is 0. The van der Waals surface area contributed by atoms with Crippen molar-refractivity contribution in [3.8, 4) is 33.4 Å². The van der Waals surface area contributed by atoms with Crippen LogP contribution in [0.4, 0.5) is 17.1 Å². The zero-order valence-corrected chi connectivity index (χ0v) is 29.3. The molecule has 0 saturated heterocycles. The van der Waals surface area contributed by atoms with Crippen LogP contribution in [0.5, 0.6) is 0 Å². The van der Waals surface area contributed by atoms with Gasteiger partial charge in [0.2, 0.25) is 0 Å². The number of para-hydroxylation sites is 1. The minimum absolute atomic E-state index is 0.566. The highest BCUT2D eigenvalue weighted by molar-refractivity contribution is 6.20. The van der Waals surface area contributed by atoms with Crippen LogP contribution in [0.1, 0.15) is 37.0 Å². The number of nitrogens with zero attached hydrogens (tertiary/aromatic N) is 1. The molecule has 0 fully saturated rings. The highest BCUT2D eigenvalue weighted by Gasteiger charge is 2.48. The van der Waals surface area contributed by atoms with E-state index in [1.807, 2.05) is 12.2 Å². The Bertz CT molecular complexity index is 2440. The Balaban J connectivity index is 0.00000121. The van der Waals surface area contributed by atoms with E-state index in [1.54, 1.807) is 0 Å². The summed E-state index contributed by atoms with van der Waals surface area (Å²) < 4.78 is 0. The van der Waals surface area contributed by atoms with Gasteiger partial charge in [0, 0.05) is 22.2 Å². The van der Waals surface area contributed by atoms with E-state index in [9.17, 15) is 0 Å². The number of benzene rings is 7. The quantitative estimate of drug-likeness (QED) is 0.161. The van der Waals surface area contributed by atoms with Gasteiger partial charge < -0.3 is 4.90 Å². The molecule has 7 aromatic rings. The van der Waals surface area contributed by atoms with Crippen LogP contribution in [0, 0.1) is 0 Å². The van der Waals surface area contributed by atoms with Crippen molar-refractivity contribution in [2.75, 3.05) is 4.90 Å². The van der Waals surface area contributed by atoms with Crippen LogP contribution in [-0.4, -0.2) is 0 Å². The normalized spacial score (nSPS) is 15.3. The highest BCUT2D eigenvalue weighted by atomic mass is 15.2. The number of rotatable bonds is 6. The first kappa shape index (κ1) is 32.0. The van der Waals surface area contributed by atoms with Crippen LogP contribution < -0.4 is 4.90 Å². The first-order valence-corrected chi connectivity index (χ1v) is 17.9. The summed E-state index contributed by atoms with van der Waals surface area (Å²) in [4.78, 5) is 2.50. The van der Waals surface area contributed by atoms with E-state index in [4.69, 9.17) is 0 Å². The van der Waals surface area contributed by atoms with Gasteiger partial charge in [0.05, 0.1) is 16.8 Å². The fourth-order valence-electron chi connectivity index (χ4n) is 8.38. The number of allylic oxidation sites excluding steroid dienone is 4. The number of fused-ring (bicyclic) bond motifs is 6. The first-order valence-electron chi connectivity index (χ1n) is 17.9. The number of anilines is 3. The number of hydrogen-bond donors (Lipinski definition) is 0. The minimum atomic E-state index is -0.566. The molecule has 0 aromatic heterocycles. The Hall–Kier alpha value is -6.18.